The molecule has 0 spiro atoms. The second-order valence-corrected chi connectivity index (χ2v) is 9.27. The van der Waals surface area contributed by atoms with E-state index in [1.807, 2.05) is 11.4 Å². The Bertz CT molecular complexity index is 1100. The Hall–Kier alpha value is -2.56. The summed E-state index contributed by atoms with van der Waals surface area (Å²) in [5.74, 6) is 0.652. The highest BCUT2D eigenvalue weighted by molar-refractivity contribution is 7.89. The molecule has 1 saturated heterocycles. The molecule has 1 aromatic carbocycles. The molecule has 28 heavy (non-hydrogen) atoms. The molecule has 146 valence electrons. The number of hydrogen-bond acceptors (Lipinski definition) is 7. The number of piperazine rings is 1. The van der Waals surface area contributed by atoms with Crippen LogP contribution < -0.4 is 10.2 Å². The van der Waals surface area contributed by atoms with Gasteiger partial charge in [-0.2, -0.15) is 4.31 Å². The number of hydrogen-bond donors (Lipinski definition) is 1. The zero-order valence-corrected chi connectivity index (χ0v) is 16.8. The molecular weight excluding hydrogens is 398 g/mol. The molecule has 10 heteroatoms. The van der Waals surface area contributed by atoms with E-state index in [-0.39, 0.29) is 10.8 Å². The van der Waals surface area contributed by atoms with Crippen molar-refractivity contribution >= 4 is 49.0 Å². The van der Waals surface area contributed by atoms with Gasteiger partial charge in [-0.1, -0.05) is 0 Å². The normalized spacial score (nSPS) is 15.7. The number of aromatic nitrogens is 2. The van der Waals surface area contributed by atoms with Crippen LogP contribution in [0.4, 0.5) is 11.5 Å². The van der Waals surface area contributed by atoms with E-state index in [2.05, 4.69) is 20.2 Å². The van der Waals surface area contributed by atoms with Crippen molar-refractivity contribution in [3.8, 4) is 0 Å². The molecule has 3 aromatic rings. The predicted octanol–water partition coefficient (Wildman–Crippen LogP) is 2.16. The second-order valence-electron chi connectivity index (χ2n) is 6.43. The molecule has 8 nitrogen and oxygen atoms in total. The van der Waals surface area contributed by atoms with E-state index < -0.39 is 10.0 Å². The van der Waals surface area contributed by atoms with Crippen LogP contribution in [-0.4, -0.2) is 54.8 Å². The average Bonchev–Trinajstić information content (AvgIpc) is 3.17. The SMILES string of the molecule is CC(=O)Nc1ccc(S(=O)(=O)N2CCN(c3ncnc4sccc34)CC2)cc1. The topological polar surface area (TPSA) is 95.5 Å². The first-order chi connectivity index (χ1) is 13.4. The zero-order chi connectivity index (χ0) is 19.7. The fourth-order valence-corrected chi connectivity index (χ4v) is 5.38. The van der Waals surface area contributed by atoms with Crippen molar-refractivity contribution in [2.45, 2.75) is 11.8 Å². The summed E-state index contributed by atoms with van der Waals surface area (Å²) in [4.78, 5) is 23.0. The van der Waals surface area contributed by atoms with E-state index in [9.17, 15) is 13.2 Å². The summed E-state index contributed by atoms with van der Waals surface area (Å²) in [6, 6.07) is 8.23. The molecule has 3 heterocycles. The monoisotopic (exact) mass is 417 g/mol. The highest BCUT2D eigenvalue weighted by Gasteiger charge is 2.29. The first-order valence-electron chi connectivity index (χ1n) is 8.76. The lowest BCUT2D eigenvalue weighted by atomic mass is 10.3. The van der Waals surface area contributed by atoms with E-state index in [0.29, 0.717) is 31.9 Å². The van der Waals surface area contributed by atoms with Gasteiger partial charge in [0, 0.05) is 38.8 Å². The Balaban J connectivity index is 1.48. The van der Waals surface area contributed by atoms with Gasteiger partial charge in [-0.15, -0.1) is 11.3 Å². The highest BCUT2D eigenvalue weighted by atomic mass is 32.2. The smallest absolute Gasteiger partial charge is 0.243 e. The Kier molecular flexibility index (Phi) is 5.00. The molecule has 2 aromatic heterocycles. The summed E-state index contributed by atoms with van der Waals surface area (Å²) < 4.78 is 27.4. The van der Waals surface area contributed by atoms with Crippen molar-refractivity contribution in [1.29, 1.82) is 0 Å². The van der Waals surface area contributed by atoms with Gasteiger partial charge in [0.1, 0.15) is 17.0 Å². The second kappa shape index (κ2) is 7.46. The third kappa shape index (κ3) is 3.58. The maximum Gasteiger partial charge on any atom is 0.243 e. The van der Waals surface area contributed by atoms with Gasteiger partial charge in [-0.25, -0.2) is 18.4 Å². The van der Waals surface area contributed by atoms with Gasteiger partial charge in [0.2, 0.25) is 15.9 Å². The minimum absolute atomic E-state index is 0.198. The lowest BCUT2D eigenvalue weighted by molar-refractivity contribution is -0.114. The molecule has 0 radical (unpaired) electrons. The van der Waals surface area contributed by atoms with E-state index in [1.165, 1.54) is 23.4 Å². The van der Waals surface area contributed by atoms with Crippen LogP contribution in [0.15, 0.2) is 46.9 Å². The summed E-state index contributed by atoms with van der Waals surface area (Å²) in [5, 5.41) is 5.61. The van der Waals surface area contributed by atoms with Gasteiger partial charge in [0.15, 0.2) is 0 Å². The van der Waals surface area contributed by atoms with Crippen LogP contribution in [-0.2, 0) is 14.8 Å². The van der Waals surface area contributed by atoms with Crippen molar-refractivity contribution in [3.05, 3.63) is 42.0 Å². The van der Waals surface area contributed by atoms with Crippen molar-refractivity contribution in [3.63, 3.8) is 0 Å². The molecule has 1 fully saturated rings. The molecule has 0 aliphatic carbocycles. The molecule has 1 amide bonds. The number of rotatable bonds is 4. The molecular formula is C18H19N5O3S2. The minimum Gasteiger partial charge on any atom is -0.353 e. The lowest BCUT2D eigenvalue weighted by Gasteiger charge is -2.34. The van der Waals surface area contributed by atoms with Crippen LogP contribution in [0, 0.1) is 0 Å². The number of anilines is 2. The van der Waals surface area contributed by atoms with Gasteiger partial charge < -0.3 is 10.2 Å². The Morgan fingerprint density at radius 1 is 1.07 bits per heavy atom. The molecule has 0 unspecified atom stereocenters. The largest absolute Gasteiger partial charge is 0.353 e. The van der Waals surface area contributed by atoms with E-state index >= 15 is 0 Å². The first kappa shape index (κ1) is 18.8. The Morgan fingerprint density at radius 3 is 2.46 bits per heavy atom. The van der Waals surface area contributed by atoms with Crippen molar-refractivity contribution < 1.29 is 13.2 Å². The molecule has 4 rings (SSSR count). The number of thiophene rings is 1. The lowest BCUT2D eigenvalue weighted by Crippen LogP contribution is -2.49. The maximum absolute atomic E-state index is 12.9. The number of carbonyl (C=O) groups excluding carboxylic acids is 1. The summed E-state index contributed by atoms with van der Waals surface area (Å²) >= 11 is 1.56. The predicted molar refractivity (Wildman–Crippen MR) is 109 cm³/mol. The maximum atomic E-state index is 12.9. The molecule has 0 saturated carbocycles. The van der Waals surface area contributed by atoms with E-state index in [4.69, 9.17) is 0 Å². The minimum atomic E-state index is -3.58. The van der Waals surface area contributed by atoms with Crippen LogP contribution in [0.5, 0.6) is 0 Å². The van der Waals surface area contributed by atoms with Crippen LogP contribution in [0.2, 0.25) is 0 Å². The van der Waals surface area contributed by atoms with Gasteiger partial charge >= 0.3 is 0 Å². The van der Waals surface area contributed by atoms with Crippen molar-refractivity contribution in [1.82, 2.24) is 14.3 Å². The third-order valence-corrected chi connectivity index (χ3v) is 7.32. The standard InChI is InChI=1S/C18H19N5O3S2/c1-13(24)21-14-2-4-15(5-3-14)28(25,26)23-9-7-22(8-10-23)17-16-6-11-27-18(16)20-12-19-17/h2-6,11-12H,7-10H2,1H3,(H,21,24). The van der Waals surface area contributed by atoms with Gasteiger partial charge in [-0.3, -0.25) is 4.79 Å². The molecule has 1 aliphatic rings. The van der Waals surface area contributed by atoms with Crippen molar-refractivity contribution in [2.75, 3.05) is 36.4 Å². The number of nitrogens with zero attached hydrogens (tertiary/aromatic N) is 4. The molecule has 0 bridgehead atoms. The van der Waals surface area contributed by atoms with Gasteiger partial charge in [-0.05, 0) is 35.7 Å². The van der Waals surface area contributed by atoms with Crippen LogP contribution >= 0.6 is 11.3 Å². The summed E-state index contributed by atoms with van der Waals surface area (Å²) in [6.07, 6.45) is 1.55. The molecule has 1 N–H and O–H groups in total. The van der Waals surface area contributed by atoms with Crippen LogP contribution in [0.25, 0.3) is 10.2 Å². The van der Waals surface area contributed by atoms with Gasteiger partial charge in [0.05, 0.1) is 10.3 Å². The summed E-state index contributed by atoms with van der Waals surface area (Å²) in [7, 11) is -3.58. The van der Waals surface area contributed by atoms with Crippen molar-refractivity contribution in [2.24, 2.45) is 0 Å². The quantitative estimate of drug-likeness (QED) is 0.699. The summed E-state index contributed by atoms with van der Waals surface area (Å²) in [6.45, 7) is 3.29. The average molecular weight is 418 g/mol. The molecule has 0 atom stereocenters. The number of carbonyl (C=O) groups is 1. The Morgan fingerprint density at radius 2 is 1.79 bits per heavy atom. The number of amides is 1. The first-order valence-corrected chi connectivity index (χ1v) is 11.1. The van der Waals surface area contributed by atoms with E-state index in [0.717, 1.165) is 16.0 Å². The number of fused-ring (bicyclic) bond motifs is 1. The zero-order valence-electron chi connectivity index (χ0n) is 15.2. The number of benzene rings is 1. The fourth-order valence-electron chi connectivity index (χ4n) is 3.23. The Labute approximate surface area is 166 Å². The highest BCUT2D eigenvalue weighted by Crippen LogP contribution is 2.28. The van der Waals surface area contributed by atoms with Crippen LogP contribution in [0.3, 0.4) is 0 Å². The fraction of sp³-hybridized carbons (Fsp3) is 0.278. The van der Waals surface area contributed by atoms with E-state index in [1.54, 1.807) is 29.8 Å². The number of sulfonamides is 1. The van der Waals surface area contributed by atoms with Gasteiger partial charge in [0.25, 0.3) is 0 Å². The molecule has 1 aliphatic heterocycles. The summed E-state index contributed by atoms with van der Waals surface area (Å²) in [5.41, 5.74) is 0.569. The third-order valence-electron chi connectivity index (χ3n) is 4.59. The number of nitrogens with one attached hydrogen (secondary N) is 1. The van der Waals surface area contributed by atoms with Crippen LogP contribution in [0.1, 0.15) is 6.92 Å².